The molecule has 3 aromatic carbocycles. The Hall–Kier alpha value is -5.12. The number of hydrogen-bond donors (Lipinski definition) is 2. The van der Waals surface area contributed by atoms with Crippen LogP contribution in [0.1, 0.15) is 17.3 Å². The molecule has 37 heavy (non-hydrogen) atoms. The van der Waals surface area contributed by atoms with E-state index in [1.807, 2.05) is 59.2 Å². The van der Waals surface area contributed by atoms with Gasteiger partial charge < -0.3 is 15.0 Å². The highest BCUT2D eigenvalue weighted by Crippen LogP contribution is 2.47. The van der Waals surface area contributed by atoms with Crippen LogP contribution in [0, 0.1) is 10.1 Å². The zero-order valence-electron chi connectivity index (χ0n) is 19.9. The van der Waals surface area contributed by atoms with Gasteiger partial charge in [0, 0.05) is 31.8 Å². The van der Waals surface area contributed by atoms with E-state index in [-0.39, 0.29) is 17.0 Å². The molecule has 1 unspecified atom stereocenters. The molecule has 1 aliphatic rings. The van der Waals surface area contributed by atoms with Gasteiger partial charge in [0.05, 0.1) is 44.6 Å². The van der Waals surface area contributed by atoms with E-state index in [0.717, 1.165) is 15.8 Å². The Balaban J connectivity index is 1.85. The van der Waals surface area contributed by atoms with Crippen LogP contribution in [0.2, 0.25) is 0 Å². The normalized spacial score (nSPS) is 14.2. The fraction of sp³-hybridized carbons (Fsp3) is 0.111. The molecular formula is C27H21N5O5. The quantitative estimate of drug-likeness (QED) is 0.290. The van der Waals surface area contributed by atoms with Crippen LogP contribution in [-0.2, 0) is 14.1 Å². The number of anilines is 1. The standard InChI is InChI=1S/C27H21N5O5/c1-29-24-21(26(34)30(2)27(29)35)23(15-8-4-3-5-9-15)31-19-11-7-6-10-18(19)28-22(25(24)31)17-14-16(32(36)37)12-13-20(17)33/h3-14,22,28,33H,1-2H3. The summed E-state index contributed by atoms with van der Waals surface area (Å²) in [5, 5.41) is 26.2. The average molecular weight is 495 g/mol. The number of aromatic hydroxyl groups is 1. The summed E-state index contributed by atoms with van der Waals surface area (Å²) in [6.07, 6.45) is 0. The van der Waals surface area contributed by atoms with Gasteiger partial charge in [-0.1, -0.05) is 42.5 Å². The number of phenolic OH excluding ortho intramolecular Hbond substituents is 1. The Morgan fingerprint density at radius 2 is 1.65 bits per heavy atom. The van der Waals surface area contributed by atoms with Crippen LogP contribution in [0.3, 0.4) is 0 Å². The van der Waals surface area contributed by atoms with Crippen LogP contribution in [0.4, 0.5) is 11.4 Å². The number of aromatic nitrogens is 3. The Labute approximate surface area is 209 Å². The lowest BCUT2D eigenvalue weighted by atomic mass is 9.98. The second kappa shape index (κ2) is 7.95. The predicted molar refractivity (Wildman–Crippen MR) is 139 cm³/mol. The number of hydrogen-bond acceptors (Lipinski definition) is 6. The maximum Gasteiger partial charge on any atom is 0.331 e. The van der Waals surface area contributed by atoms with Crippen molar-refractivity contribution in [1.82, 2.24) is 13.7 Å². The number of rotatable bonds is 3. The van der Waals surface area contributed by atoms with Crippen molar-refractivity contribution in [1.29, 1.82) is 0 Å². The van der Waals surface area contributed by atoms with Gasteiger partial charge in [0.2, 0.25) is 0 Å². The van der Waals surface area contributed by atoms with E-state index in [9.17, 15) is 24.8 Å². The zero-order chi connectivity index (χ0) is 26.0. The molecule has 10 heteroatoms. The number of phenols is 1. The van der Waals surface area contributed by atoms with Gasteiger partial charge >= 0.3 is 5.69 Å². The zero-order valence-corrected chi connectivity index (χ0v) is 19.9. The Kier molecular flexibility index (Phi) is 4.80. The maximum atomic E-state index is 13.7. The van der Waals surface area contributed by atoms with E-state index in [0.29, 0.717) is 28.0 Å². The van der Waals surface area contributed by atoms with Crippen molar-refractivity contribution < 1.29 is 10.0 Å². The van der Waals surface area contributed by atoms with Crippen molar-refractivity contribution in [2.24, 2.45) is 14.1 Å². The first-order chi connectivity index (χ1) is 17.8. The molecular weight excluding hydrogens is 474 g/mol. The molecule has 0 radical (unpaired) electrons. The van der Waals surface area contributed by atoms with Crippen LogP contribution in [0.15, 0.2) is 82.4 Å². The van der Waals surface area contributed by atoms with Crippen LogP contribution in [0.25, 0.3) is 27.8 Å². The third kappa shape index (κ3) is 3.12. The van der Waals surface area contributed by atoms with Crippen molar-refractivity contribution in [3.63, 3.8) is 0 Å². The number of nitro groups is 1. The summed E-state index contributed by atoms with van der Waals surface area (Å²) in [4.78, 5) is 37.8. The number of nitro benzene ring substituents is 1. The van der Waals surface area contributed by atoms with E-state index < -0.39 is 22.2 Å². The Morgan fingerprint density at radius 1 is 0.946 bits per heavy atom. The molecule has 0 bridgehead atoms. The first-order valence-electron chi connectivity index (χ1n) is 11.5. The Morgan fingerprint density at radius 3 is 2.38 bits per heavy atom. The number of nitrogens with zero attached hydrogens (tertiary/aromatic N) is 4. The van der Waals surface area contributed by atoms with Crippen molar-refractivity contribution >= 4 is 22.3 Å². The molecule has 2 N–H and O–H groups in total. The molecule has 1 atom stereocenters. The summed E-state index contributed by atoms with van der Waals surface area (Å²) in [6, 6.07) is 19.8. The number of benzene rings is 3. The SMILES string of the molecule is Cn1c(=O)c2c(-c3ccccc3)n3c(c2n(C)c1=O)C(c1cc([N+](=O)[O-])ccc1O)Nc1ccccc1-3. The molecule has 0 amide bonds. The van der Waals surface area contributed by atoms with Gasteiger partial charge in [0.15, 0.2) is 0 Å². The van der Waals surface area contributed by atoms with Gasteiger partial charge in [0.25, 0.3) is 11.2 Å². The summed E-state index contributed by atoms with van der Waals surface area (Å²) >= 11 is 0. The molecule has 10 nitrogen and oxygen atoms in total. The molecule has 0 aliphatic carbocycles. The molecule has 0 saturated carbocycles. The van der Waals surface area contributed by atoms with Crippen molar-refractivity contribution in [2.45, 2.75) is 6.04 Å². The minimum Gasteiger partial charge on any atom is -0.508 e. The minimum atomic E-state index is -0.813. The first kappa shape index (κ1) is 22.4. The van der Waals surface area contributed by atoms with Gasteiger partial charge in [-0.2, -0.15) is 0 Å². The Bertz CT molecular complexity index is 1870. The minimum absolute atomic E-state index is 0.154. The van der Waals surface area contributed by atoms with Crippen LogP contribution < -0.4 is 16.6 Å². The van der Waals surface area contributed by atoms with E-state index in [2.05, 4.69) is 5.32 Å². The van der Waals surface area contributed by atoms with Gasteiger partial charge in [-0.25, -0.2) is 4.79 Å². The highest BCUT2D eigenvalue weighted by Gasteiger charge is 2.36. The van der Waals surface area contributed by atoms with Crippen molar-refractivity contribution in [3.05, 3.63) is 115 Å². The molecule has 5 aromatic rings. The molecule has 2 aromatic heterocycles. The molecule has 0 spiro atoms. The summed E-state index contributed by atoms with van der Waals surface area (Å²) in [5.74, 6) is -0.154. The topological polar surface area (TPSA) is 124 Å². The third-order valence-corrected chi connectivity index (χ3v) is 6.91. The number of para-hydroxylation sites is 2. The number of aryl methyl sites for hydroxylation is 1. The van der Waals surface area contributed by atoms with Gasteiger partial charge in [-0.15, -0.1) is 0 Å². The van der Waals surface area contributed by atoms with Crippen molar-refractivity contribution in [2.75, 3.05) is 5.32 Å². The van der Waals surface area contributed by atoms with Crippen LogP contribution >= 0.6 is 0 Å². The fourth-order valence-corrected chi connectivity index (χ4v) is 5.21. The average Bonchev–Trinajstić information content (AvgIpc) is 3.27. The molecule has 184 valence electrons. The first-order valence-corrected chi connectivity index (χ1v) is 11.5. The highest BCUT2D eigenvalue weighted by molar-refractivity contribution is 5.99. The second-order valence-electron chi connectivity index (χ2n) is 8.96. The molecule has 0 fully saturated rings. The summed E-state index contributed by atoms with van der Waals surface area (Å²) in [5.41, 5.74) is 2.77. The number of non-ortho nitro benzene ring substituents is 1. The summed E-state index contributed by atoms with van der Waals surface area (Å²) < 4.78 is 4.39. The van der Waals surface area contributed by atoms with E-state index in [1.54, 1.807) is 7.05 Å². The molecule has 1 aliphatic heterocycles. The van der Waals surface area contributed by atoms with E-state index in [4.69, 9.17) is 0 Å². The van der Waals surface area contributed by atoms with Crippen molar-refractivity contribution in [3.8, 4) is 22.7 Å². The summed E-state index contributed by atoms with van der Waals surface area (Å²) in [6.45, 7) is 0. The largest absolute Gasteiger partial charge is 0.508 e. The molecule has 6 rings (SSSR count). The fourth-order valence-electron chi connectivity index (χ4n) is 5.21. The number of fused-ring (bicyclic) bond motifs is 5. The predicted octanol–water partition coefficient (Wildman–Crippen LogP) is 3.82. The van der Waals surface area contributed by atoms with Crippen LogP contribution in [-0.4, -0.2) is 23.7 Å². The van der Waals surface area contributed by atoms with Gasteiger partial charge in [-0.05, 0) is 23.8 Å². The maximum absolute atomic E-state index is 13.7. The van der Waals surface area contributed by atoms with Crippen LogP contribution in [0.5, 0.6) is 5.75 Å². The second-order valence-corrected chi connectivity index (χ2v) is 8.96. The van der Waals surface area contributed by atoms with Gasteiger partial charge in [-0.3, -0.25) is 24.0 Å². The molecule has 3 heterocycles. The smallest absolute Gasteiger partial charge is 0.331 e. The highest BCUT2D eigenvalue weighted by atomic mass is 16.6. The number of nitrogens with one attached hydrogen (secondary N) is 1. The lowest BCUT2D eigenvalue weighted by Gasteiger charge is -2.31. The molecule has 0 saturated heterocycles. The monoisotopic (exact) mass is 495 g/mol. The lowest BCUT2D eigenvalue weighted by Crippen LogP contribution is -2.37. The van der Waals surface area contributed by atoms with E-state index in [1.165, 1.54) is 29.8 Å². The van der Waals surface area contributed by atoms with E-state index >= 15 is 0 Å². The third-order valence-electron chi connectivity index (χ3n) is 6.91. The lowest BCUT2D eigenvalue weighted by molar-refractivity contribution is -0.384. The summed E-state index contributed by atoms with van der Waals surface area (Å²) in [7, 11) is 3.02. The van der Waals surface area contributed by atoms with Gasteiger partial charge in [0.1, 0.15) is 5.75 Å².